The van der Waals surface area contributed by atoms with Crippen molar-refractivity contribution in [2.24, 2.45) is 10.4 Å². The monoisotopic (exact) mass is 244 g/mol. The minimum absolute atomic E-state index is 0.579. The van der Waals surface area contributed by atoms with E-state index in [1.165, 1.54) is 42.4 Å². The Kier molecular flexibility index (Phi) is 4.26. The van der Waals surface area contributed by atoms with E-state index in [9.17, 15) is 0 Å². The molecule has 0 aromatic carbocycles. The van der Waals surface area contributed by atoms with Crippen LogP contribution in [0.1, 0.15) is 25.7 Å². The maximum absolute atomic E-state index is 4.70. The summed E-state index contributed by atoms with van der Waals surface area (Å²) < 4.78 is 0. The Labute approximate surface area is 101 Å². The molecule has 0 aromatic heterocycles. The van der Waals surface area contributed by atoms with Gasteiger partial charge < -0.3 is 5.32 Å². The van der Waals surface area contributed by atoms with E-state index < -0.39 is 0 Å². The van der Waals surface area contributed by atoms with E-state index in [-0.39, 0.29) is 0 Å². The summed E-state index contributed by atoms with van der Waals surface area (Å²) in [5, 5.41) is 4.60. The molecular weight excluding hydrogens is 224 g/mol. The molecule has 0 atom stereocenters. The van der Waals surface area contributed by atoms with Gasteiger partial charge in [-0.3, -0.25) is 4.99 Å². The fraction of sp³-hybridized carbons (Fsp3) is 0.909. The lowest BCUT2D eigenvalue weighted by atomic mass is 9.89. The van der Waals surface area contributed by atoms with Crippen LogP contribution in [0.3, 0.4) is 0 Å². The fourth-order valence-corrected chi connectivity index (χ4v) is 3.84. The van der Waals surface area contributed by atoms with Gasteiger partial charge in [0, 0.05) is 24.6 Å². The van der Waals surface area contributed by atoms with Crippen molar-refractivity contribution in [3.63, 3.8) is 0 Å². The first-order valence-corrected chi connectivity index (χ1v) is 8.13. The number of nitrogens with zero attached hydrogens (tertiary/aromatic N) is 1. The van der Waals surface area contributed by atoms with Crippen LogP contribution >= 0.6 is 23.5 Å². The van der Waals surface area contributed by atoms with Gasteiger partial charge in [0.15, 0.2) is 5.17 Å². The lowest BCUT2D eigenvalue weighted by Gasteiger charge is -2.31. The van der Waals surface area contributed by atoms with Crippen LogP contribution in [-0.4, -0.2) is 36.0 Å². The normalized spacial score (nSPS) is 24.2. The third-order valence-electron chi connectivity index (χ3n) is 3.32. The van der Waals surface area contributed by atoms with Crippen molar-refractivity contribution >= 4 is 28.7 Å². The molecule has 1 heterocycles. The van der Waals surface area contributed by atoms with E-state index >= 15 is 0 Å². The van der Waals surface area contributed by atoms with Crippen molar-refractivity contribution in [1.82, 2.24) is 5.32 Å². The van der Waals surface area contributed by atoms with E-state index in [1.807, 2.05) is 23.5 Å². The molecule has 1 fully saturated rings. The quantitative estimate of drug-likeness (QED) is 0.772. The Bertz CT molecular complexity index is 235. The number of aliphatic imine (C=N–C) groups is 1. The first-order chi connectivity index (χ1) is 7.35. The molecule has 1 saturated carbocycles. The van der Waals surface area contributed by atoms with Gasteiger partial charge in [-0.2, -0.15) is 11.8 Å². The van der Waals surface area contributed by atoms with Crippen LogP contribution < -0.4 is 5.32 Å². The Morgan fingerprint density at radius 1 is 1.47 bits per heavy atom. The smallest absolute Gasteiger partial charge is 0.156 e. The summed E-state index contributed by atoms with van der Waals surface area (Å²) in [6, 6.07) is 0. The molecule has 0 amide bonds. The van der Waals surface area contributed by atoms with Gasteiger partial charge in [-0.1, -0.05) is 24.6 Å². The van der Waals surface area contributed by atoms with Crippen molar-refractivity contribution in [3.8, 4) is 0 Å². The second-order valence-electron chi connectivity index (χ2n) is 4.54. The SMILES string of the molecule is CSCCNC1=NCC2(CCCC2)CS1. The molecular formula is C11H20N2S2. The van der Waals surface area contributed by atoms with Gasteiger partial charge in [0.2, 0.25) is 0 Å². The van der Waals surface area contributed by atoms with Crippen molar-refractivity contribution in [3.05, 3.63) is 0 Å². The zero-order chi connectivity index (χ0) is 10.6. The minimum Gasteiger partial charge on any atom is -0.364 e. The van der Waals surface area contributed by atoms with Crippen LogP contribution in [-0.2, 0) is 0 Å². The molecule has 4 heteroatoms. The first kappa shape index (κ1) is 11.6. The van der Waals surface area contributed by atoms with Crippen LogP contribution in [0.2, 0.25) is 0 Å². The average Bonchev–Trinajstić information content (AvgIpc) is 2.71. The highest BCUT2D eigenvalue weighted by molar-refractivity contribution is 8.13. The molecule has 86 valence electrons. The van der Waals surface area contributed by atoms with Gasteiger partial charge in [0.25, 0.3) is 0 Å². The van der Waals surface area contributed by atoms with Crippen LogP contribution in [0, 0.1) is 5.41 Å². The zero-order valence-electron chi connectivity index (χ0n) is 9.42. The largest absolute Gasteiger partial charge is 0.364 e. The van der Waals surface area contributed by atoms with Gasteiger partial charge in [0.1, 0.15) is 0 Å². The van der Waals surface area contributed by atoms with Crippen LogP contribution in [0.5, 0.6) is 0 Å². The maximum Gasteiger partial charge on any atom is 0.156 e. The third kappa shape index (κ3) is 3.06. The summed E-state index contributed by atoms with van der Waals surface area (Å²) in [5.74, 6) is 2.46. The van der Waals surface area contributed by atoms with E-state index in [1.54, 1.807) is 0 Å². The molecule has 0 unspecified atom stereocenters. The molecule has 2 nitrogen and oxygen atoms in total. The molecule has 2 rings (SSSR count). The van der Waals surface area contributed by atoms with Gasteiger partial charge >= 0.3 is 0 Å². The minimum atomic E-state index is 0.579. The Balaban J connectivity index is 1.78. The predicted molar refractivity (Wildman–Crippen MR) is 72.0 cm³/mol. The van der Waals surface area contributed by atoms with Gasteiger partial charge in [-0.05, 0) is 24.5 Å². The Morgan fingerprint density at radius 3 is 2.87 bits per heavy atom. The molecule has 0 radical (unpaired) electrons. The molecule has 1 aliphatic heterocycles. The number of thioether (sulfide) groups is 2. The van der Waals surface area contributed by atoms with Gasteiger partial charge in [-0.15, -0.1) is 0 Å². The molecule has 0 saturated heterocycles. The number of nitrogens with one attached hydrogen (secondary N) is 1. The average molecular weight is 244 g/mol. The molecule has 1 N–H and O–H groups in total. The summed E-state index contributed by atoms with van der Waals surface area (Å²) in [4.78, 5) is 4.70. The van der Waals surface area contributed by atoms with Gasteiger partial charge in [-0.25, -0.2) is 0 Å². The highest BCUT2D eigenvalue weighted by atomic mass is 32.2. The molecule has 15 heavy (non-hydrogen) atoms. The predicted octanol–water partition coefficient (Wildman–Crippen LogP) is 2.60. The number of hydrogen-bond donors (Lipinski definition) is 1. The van der Waals surface area contributed by atoms with Crippen LogP contribution in [0.15, 0.2) is 4.99 Å². The van der Waals surface area contributed by atoms with Crippen LogP contribution in [0.25, 0.3) is 0 Å². The highest BCUT2D eigenvalue weighted by Gasteiger charge is 2.36. The molecule has 0 aromatic rings. The van der Waals surface area contributed by atoms with Crippen molar-refractivity contribution in [1.29, 1.82) is 0 Å². The van der Waals surface area contributed by atoms with Gasteiger partial charge in [0.05, 0.1) is 0 Å². The number of hydrogen-bond acceptors (Lipinski definition) is 4. The van der Waals surface area contributed by atoms with Crippen molar-refractivity contribution in [2.75, 3.05) is 30.9 Å². The topological polar surface area (TPSA) is 24.4 Å². The van der Waals surface area contributed by atoms with E-state index in [0.29, 0.717) is 5.41 Å². The molecule has 2 aliphatic rings. The number of rotatable bonds is 3. The molecule has 1 aliphatic carbocycles. The lowest BCUT2D eigenvalue weighted by Crippen LogP contribution is -2.34. The fourth-order valence-electron chi connectivity index (χ4n) is 2.35. The van der Waals surface area contributed by atoms with E-state index in [0.717, 1.165) is 13.1 Å². The summed E-state index contributed by atoms with van der Waals surface area (Å²) in [6.07, 6.45) is 7.80. The van der Waals surface area contributed by atoms with E-state index in [2.05, 4.69) is 11.6 Å². The van der Waals surface area contributed by atoms with Crippen molar-refractivity contribution in [2.45, 2.75) is 25.7 Å². The Hall–Kier alpha value is 0.170. The zero-order valence-corrected chi connectivity index (χ0v) is 11.1. The van der Waals surface area contributed by atoms with Crippen molar-refractivity contribution < 1.29 is 0 Å². The van der Waals surface area contributed by atoms with Crippen LogP contribution in [0.4, 0.5) is 0 Å². The first-order valence-electron chi connectivity index (χ1n) is 5.75. The Morgan fingerprint density at radius 2 is 2.27 bits per heavy atom. The standard InChI is InChI=1S/C11H20N2S2/c1-14-7-6-12-10-13-8-11(9-15-10)4-2-3-5-11/h2-9H2,1H3,(H,12,13). The summed E-state index contributed by atoms with van der Waals surface area (Å²) in [7, 11) is 0. The molecule has 0 bridgehead atoms. The number of amidine groups is 1. The molecule has 1 spiro atoms. The summed E-state index contributed by atoms with van der Waals surface area (Å²) >= 11 is 3.82. The second kappa shape index (κ2) is 5.48. The third-order valence-corrected chi connectivity index (χ3v) is 5.24. The summed E-state index contributed by atoms with van der Waals surface area (Å²) in [5.41, 5.74) is 0.579. The second-order valence-corrected chi connectivity index (χ2v) is 6.49. The lowest BCUT2D eigenvalue weighted by molar-refractivity contribution is 0.358. The van der Waals surface area contributed by atoms with E-state index in [4.69, 9.17) is 4.99 Å². The highest BCUT2D eigenvalue weighted by Crippen LogP contribution is 2.43. The summed E-state index contributed by atoms with van der Waals surface area (Å²) in [6.45, 7) is 2.13. The maximum atomic E-state index is 4.70.